The van der Waals surface area contributed by atoms with E-state index < -0.39 is 0 Å². The van der Waals surface area contributed by atoms with Gasteiger partial charge >= 0.3 is 5.97 Å². The van der Waals surface area contributed by atoms with Crippen LogP contribution in [0.15, 0.2) is 42.5 Å². The van der Waals surface area contributed by atoms with E-state index in [0.29, 0.717) is 41.5 Å². The van der Waals surface area contributed by atoms with Gasteiger partial charge in [0.25, 0.3) is 5.78 Å². The van der Waals surface area contributed by atoms with Gasteiger partial charge in [-0.25, -0.2) is 18.7 Å². The van der Waals surface area contributed by atoms with E-state index in [1.165, 1.54) is 6.07 Å². The number of H-pyrrole nitrogens is 1. The summed E-state index contributed by atoms with van der Waals surface area (Å²) in [6.07, 6.45) is 0. The van der Waals surface area contributed by atoms with Gasteiger partial charge in [0.05, 0.1) is 23.2 Å². The molecule has 2 N–H and O–H groups in total. The normalized spacial score (nSPS) is 11.2. The Bertz CT molecular complexity index is 1100. The van der Waals surface area contributed by atoms with Gasteiger partial charge < -0.3 is 10.1 Å². The zero-order valence-corrected chi connectivity index (χ0v) is 14.0. The number of fused-ring (bicyclic) bond motifs is 3. The van der Waals surface area contributed by atoms with Gasteiger partial charge in [-0.1, -0.05) is 18.2 Å². The molecule has 4 rings (SSSR count). The monoisotopic (exact) mass is 353 g/mol. The van der Waals surface area contributed by atoms with Gasteiger partial charge in [0.1, 0.15) is 5.82 Å². The molecule has 2 aromatic carbocycles. The zero-order chi connectivity index (χ0) is 18.1. The summed E-state index contributed by atoms with van der Waals surface area (Å²) in [4.78, 5) is 20.6. The molecule has 0 saturated heterocycles. The average molecular weight is 353 g/mol. The first-order valence-electron chi connectivity index (χ1n) is 8.18. The first-order chi connectivity index (χ1) is 12.7. The Balaban J connectivity index is 1.60. The van der Waals surface area contributed by atoms with Gasteiger partial charge in [-0.3, -0.25) is 5.10 Å². The number of aromatic amines is 1. The summed E-state index contributed by atoms with van der Waals surface area (Å²) in [5, 5.41) is 6.12. The van der Waals surface area contributed by atoms with E-state index in [1.807, 2.05) is 0 Å². The van der Waals surface area contributed by atoms with Crippen LogP contribution in [-0.4, -0.2) is 32.2 Å². The standard InChI is InChI=1S/C18H16FN5O2/c1-2-26-16(25)11-7-8-15-14(9-11)21-18-22-17(23-24(15)18)20-10-12-5-3-4-6-13(12)19/h3-9H,2,10H2,1H3,(H2,20,21,22,23). The minimum Gasteiger partial charge on any atom is -0.462 e. The number of hydrogen-bond donors (Lipinski definition) is 2. The smallest absolute Gasteiger partial charge is 0.338 e. The lowest BCUT2D eigenvalue weighted by atomic mass is 10.2. The number of imidazole rings is 1. The molecule has 0 unspecified atom stereocenters. The third-order valence-electron chi connectivity index (χ3n) is 3.98. The lowest BCUT2D eigenvalue weighted by Gasteiger charge is -2.04. The number of aromatic nitrogens is 4. The van der Waals surface area contributed by atoms with Crippen LogP contribution in [0, 0.1) is 5.82 Å². The van der Waals surface area contributed by atoms with Crippen molar-refractivity contribution in [3.8, 4) is 0 Å². The molecular weight excluding hydrogens is 337 g/mol. The quantitative estimate of drug-likeness (QED) is 0.539. The number of halogens is 1. The number of esters is 1. The second kappa shape index (κ2) is 6.47. The summed E-state index contributed by atoms with van der Waals surface area (Å²) in [5.41, 5.74) is 2.40. The maximum Gasteiger partial charge on any atom is 0.338 e. The number of carbonyl (C=O) groups is 1. The van der Waals surface area contributed by atoms with Crippen LogP contribution in [0.1, 0.15) is 22.8 Å². The van der Waals surface area contributed by atoms with Crippen LogP contribution in [0.4, 0.5) is 10.3 Å². The highest BCUT2D eigenvalue weighted by Gasteiger charge is 2.13. The molecule has 0 aliphatic heterocycles. The topological polar surface area (TPSA) is 84.3 Å². The maximum absolute atomic E-state index is 13.7. The van der Waals surface area contributed by atoms with Crippen molar-refractivity contribution in [1.29, 1.82) is 0 Å². The highest BCUT2D eigenvalue weighted by atomic mass is 19.1. The van der Waals surface area contributed by atoms with E-state index in [4.69, 9.17) is 4.74 Å². The Labute approximate surface area is 147 Å². The Morgan fingerprint density at radius 2 is 2.12 bits per heavy atom. The van der Waals surface area contributed by atoms with E-state index in [0.717, 1.165) is 5.52 Å². The predicted octanol–water partition coefficient (Wildman–Crippen LogP) is 3.14. The summed E-state index contributed by atoms with van der Waals surface area (Å²) in [6, 6.07) is 11.7. The van der Waals surface area contributed by atoms with Gasteiger partial charge in [0.15, 0.2) is 0 Å². The molecular formula is C18H16FN5O2. The number of rotatable bonds is 5. The van der Waals surface area contributed by atoms with E-state index in [2.05, 4.69) is 20.4 Å². The van der Waals surface area contributed by atoms with Crippen LogP contribution in [0.25, 0.3) is 16.8 Å². The Morgan fingerprint density at radius 1 is 1.27 bits per heavy atom. The van der Waals surface area contributed by atoms with Crippen molar-refractivity contribution in [2.24, 2.45) is 0 Å². The average Bonchev–Trinajstić information content (AvgIpc) is 3.18. The fourth-order valence-corrected chi connectivity index (χ4v) is 2.72. The number of ether oxygens (including phenoxy) is 1. The lowest BCUT2D eigenvalue weighted by molar-refractivity contribution is 0.0526. The second-order valence-corrected chi connectivity index (χ2v) is 5.69. The molecule has 8 heteroatoms. The summed E-state index contributed by atoms with van der Waals surface area (Å²) in [7, 11) is 0. The Morgan fingerprint density at radius 3 is 2.92 bits per heavy atom. The molecule has 4 aromatic rings. The van der Waals surface area contributed by atoms with Crippen LogP contribution in [0.2, 0.25) is 0 Å². The number of carbonyl (C=O) groups excluding carboxylic acids is 1. The minimum absolute atomic E-state index is 0.270. The molecule has 0 aliphatic rings. The molecule has 0 aliphatic carbocycles. The van der Waals surface area contributed by atoms with E-state index in [-0.39, 0.29) is 11.8 Å². The van der Waals surface area contributed by atoms with E-state index in [9.17, 15) is 9.18 Å². The molecule has 0 fully saturated rings. The van der Waals surface area contributed by atoms with Crippen molar-refractivity contribution in [2.75, 3.05) is 11.9 Å². The van der Waals surface area contributed by atoms with Gasteiger partial charge in [0.2, 0.25) is 5.95 Å². The molecule has 2 heterocycles. The van der Waals surface area contributed by atoms with Gasteiger partial charge in [-0.2, -0.15) is 4.98 Å². The molecule has 132 valence electrons. The maximum atomic E-state index is 13.7. The van der Waals surface area contributed by atoms with Crippen LogP contribution in [0.3, 0.4) is 0 Å². The first kappa shape index (κ1) is 16.1. The largest absolute Gasteiger partial charge is 0.462 e. The van der Waals surface area contributed by atoms with Crippen molar-refractivity contribution in [1.82, 2.24) is 19.6 Å². The molecule has 0 saturated carbocycles. The Kier molecular flexibility index (Phi) is 4.00. The van der Waals surface area contributed by atoms with Gasteiger partial charge in [-0.05, 0) is 31.2 Å². The summed E-state index contributed by atoms with van der Waals surface area (Å²) >= 11 is 0. The van der Waals surface area contributed by atoms with Crippen LogP contribution in [-0.2, 0) is 11.3 Å². The van der Waals surface area contributed by atoms with Crippen molar-refractivity contribution >= 4 is 28.7 Å². The highest BCUT2D eigenvalue weighted by Crippen LogP contribution is 2.19. The van der Waals surface area contributed by atoms with Crippen molar-refractivity contribution in [3.63, 3.8) is 0 Å². The van der Waals surface area contributed by atoms with Crippen LogP contribution in [0.5, 0.6) is 0 Å². The molecule has 2 aromatic heterocycles. The summed E-state index contributed by atoms with van der Waals surface area (Å²) < 4.78 is 20.4. The number of nitrogens with zero attached hydrogens (tertiary/aromatic N) is 3. The fourth-order valence-electron chi connectivity index (χ4n) is 2.72. The number of hydrogen-bond acceptors (Lipinski definition) is 5. The lowest BCUT2D eigenvalue weighted by Crippen LogP contribution is -2.04. The predicted molar refractivity (Wildman–Crippen MR) is 94.5 cm³/mol. The first-order valence-corrected chi connectivity index (χ1v) is 8.18. The summed E-state index contributed by atoms with van der Waals surface area (Å²) in [6.45, 7) is 2.38. The highest BCUT2D eigenvalue weighted by molar-refractivity contribution is 5.94. The van der Waals surface area contributed by atoms with E-state index in [1.54, 1.807) is 47.8 Å². The Hall–Kier alpha value is -3.42. The molecule has 0 spiro atoms. The summed E-state index contributed by atoms with van der Waals surface area (Å²) in [5.74, 6) is 0.281. The third kappa shape index (κ3) is 2.85. The molecule has 0 bridgehead atoms. The second-order valence-electron chi connectivity index (χ2n) is 5.69. The number of anilines is 1. The van der Waals surface area contributed by atoms with Gasteiger partial charge in [0, 0.05) is 12.1 Å². The fraction of sp³-hybridized carbons (Fsp3) is 0.167. The zero-order valence-electron chi connectivity index (χ0n) is 14.0. The van der Waals surface area contributed by atoms with Gasteiger partial charge in [-0.15, -0.1) is 0 Å². The molecule has 0 atom stereocenters. The van der Waals surface area contributed by atoms with E-state index >= 15 is 0 Å². The SMILES string of the molecule is CCOC(=O)c1ccc2c(c1)nc1nc(NCc3ccccc3F)[nH]n12. The third-order valence-corrected chi connectivity index (χ3v) is 3.98. The van der Waals surface area contributed by atoms with Crippen molar-refractivity contribution in [3.05, 3.63) is 59.4 Å². The van der Waals surface area contributed by atoms with Crippen molar-refractivity contribution in [2.45, 2.75) is 13.5 Å². The number of benzene rings is 2. The van der Waals surface area contributed by atoms with Crippen LogP contribution < -0.4 is 5.32 Å². The molecule has 0 amide bonds. The minimum atomic E-state index is -0.383. The van der Waals surface area contributed by atoms with Crippen LogP contribution >= 0.6 is 0 Å². The van der Waals surface area contributed by atoms with Crippen molar-refractivity contribution < 1.29 is 13.9 Å². The molecule has 26 heavy (non-hydrogen) atoms. The number of nitrogens with one attached hydrogen (secondary N) is 2. The molecule has 0 radical (unpaired) electrons. The molecule has 7 nitrogen and oxygen atoms in total.